The van der Waals surface area contributed by atoms with E-state index in [9.17, 15) is 0 Å². The summed E-state index contributed by atoms with van der Waals surface area (Å²) >= 11 is 0. The van der Waals surface area contributed by atoms with Gasteiger partial charge in [0.05, 0.1) is 0 Å². The molecule has 0 amide bonds. The lowest BCUT2D eigenvalue weighted by molar-refractivity contribution is 0.262. The Balaban J connectivity index is 2.62. The Kier molecular flexibility index (Phi) is 3.77. The summed E-state index contributed by atoms with van der Waals surface area (Å²) in [5.74, 6) is 0. The highest BCUT2D eigenvalue weighted by atomic mass is 15.2. The van der Waals surface area contributed by atoms with Crippen molar-refractivity contribution in [2.24, 2.45) is 0 Å². The molecule has 0 spiro atoms. The van der Waals surface area contributed by atoms with Crippen LogP contribution in [0.25, 0.3) is 0 Å². The van der Waals surface area contributed by atoms with Gasteiger partial charge in [-0.25, -0.2) is 0 Å². The molecule has 0 aromatic rings. The first-order chi connectivity index (χ1) is 6.27. The topological polar surface area (TPSA) is 15.3 Å². The molecule has 2 nitrogen and oxygen atoms in total. The van der Waals surface area contributed by atoms with Crippen molar-refractivity contribution in [3.63, 3.8) is 0 Å². The van der Waals surface area contributed by atoms with Crippen molar-refractivity contribution in [2.45, 2.75) is 13.0 Å². The van der Waals surface area contributed by atoms with Gasteiger partial charge in [0.15, 0.2) is 0 Å². The Morgan fingerprint density at radius 2 is 2.31 bits per heavy atom. The van der Waals surface area contributed by atoms with E-state index in [1.807, 2.05) is 18.2 Å². The van der Waals surface area contributed by atoms with E-state index in [1.165, 1.54) is 5.70 Å². The van der Waals surface area contributed by atoms with Crippen LogP contribution in [0.2, 0.25) is 0 Å². The van der Waals surface area contributed by atoms with Crippen LogP contribution in [-0.2, 0) is 0 Å². The first-order valence-corrected chi connectivity index (χ1v) is 4.71. The average molecular weight is 178 g/mol. The third kappa shape index (κ3) is 2.74. The average Bonchev–Trinajstić information content (AvgIpc) is 2.14. The van der Waals surface area contributed by atoms with Crippen LogP contribution in [0, 0.1) is 0 Å². The normalized spacial score (nSPS) is 24.2. The van der Waals surface area contributed by atoms with Crippen molar-refractivity contribution in [3.8, 4) is 0 Å². The molecule has 1 atom stereocenters. The summed E-state index contributed by atoms with van der Waals surface area (Å²) < 4.78 is 0. The Bertz CT molecular complexity index is 218. The summed E-state index contributed by atoms with van der Waals surface area (Å²) in [6.07, 6.45) is 5.70. The van der Waals surface area contributed by atoms with Gasteiger partial charge in [0.25, 0.3) is 0 Å². The highest BCUT2D eigenvalue weighted by Crippen LogP contribution is 2.09. The number of hydrogen-bond donors (Lipinski definition) is 1. The summed E-state index contributed by atoms with van der Waals surface area (Å²) in [4.78, 5) is 2.33. The smallest absolute Gasteiger partial charge is 0.0361 e. The number of hydrogen-bond acceptors (Lipinski definition) is 2. The van der Waals surface area contributed by atoms with Gasteiger partial charge >= 0.3 is 0 Å². The van der Waals surface area contributed by atoms with Gasteiger partial charge in [-0.05, 0) is 19.1 Å². The van der Waals surface area contributed by atoms with E-state index < -0.39 is 0 Å². The predicted octanol–water partition coefficient (Wildman–Crippen LogP) is 1.54. The molecule has 0 radical (unpaired) electrons. The van der Waals surface area contributed by atoms with Gasteiger partial charge in [-0.3, -0.25) is 0 Å². The minimum absolute atomic E-state index is 0.557. The number of nitrogens with zero attached hydrogens (tertiary/aromatic N) is 1. The standard InChI is InChI=1S/C11H18N2/c1-4-6-11(5-2)13-8-7-12-10(3)9-13/h4-6,10,12H,1-2,7-9H2,3H3. The van der Waals surface area contributed by atoms with Gasteiger partial charge < -0.3 is 10.2 Å². The zero-order chi connectivity index (χ0) is 9.68. The molecule has 72 valence electrons. The van der Waals surface area contributed by atoms with Crippen LogP contribution in [0.4, 0.5) is 0 Å². The Labute approximate surface area is 80.6 Å². The molecule has 0 bridgehead atoms. The molecule has 1 N–H and O–H groups in total. The fourth-order valence-electron chi connectivity index (χ4n) is 1.59. The van der Waals surface area contributed by atoms with Crippen LogP contribution in [0.15, 0.2) is 37.1 Å². The summed E-state index contributed by atoms with van der Waals surface area (Å²) in [5, 5.41) is 3.40. The number of nitrogens with one attached hydrogen (secondary N) is 1. The first kappa shape index (κ1) is 10.1. The van der Waals surface area contributed by atoms with E-state index in [-0.39, 0.29) is 0 Å². The molecule has 1 heterocycles. The Morgan fingerprint density at radius 3 is 2.85 bits per heavy atom. The predicted molar refractivity (Wildman–Crippen MR) is 57.5 cm³/mol. The minimum Gasteiger partial charge on any atom is -0.369 e. The van der Waals surface area contributed by atoms with Crippen molar-refractivity contribution >= 4 is 0 Å². The highest BCUT2D eigenvalue weighted by Gasteiger charge is 2.15. The van der Waals surface area contributed by atoms with Crippen molar-refractivity contribution in [2.75, 3.05) is 19.6 Å². The SMILES string of the molecule is C=CC=C(C=C)N1CCNC(C)C1. The fraction of sp³-hybridized carbons (Fsp3) is 0.455. The van der Waals surface area contributed by atoms with Crippen LogP contribution < -0.4 is 5.32 Å². The lowest BCUT2D eigenvalue weighted by Gasteiger charge is -2.34. The lowest BCUT2D eigenvalue weighted by atomic mass is 10.2. The van der Waals surface area contributed by atoms with Gasteiger partial charge in [0.2, 0.25) is 0 Å². The molecule has 1 fully saturated rings. The van der Waals surface area contributed by atoms with Gasteiger partial charge in [0.1, 0.15) is 0 Å². The van der Waals surface area contributed by atoms with E-state index in [4.69, 9.17) is 0 Å². The molecule has 1 saturated heterocycles. The molecule has 1 aliphatic heterocycles. The van der Waals surface area contributed by atoms with Crippen molar-refractivity contribution < 1.29 is 0 Å². The zero-order valence-corrected chi connectivity index (χ0v) is 8.29. The maximum atomic E-state index is 3.80. The third-order valence-corrected chi connectivity index (χ3v) is 2.23. The van der Waals surface area contributed by atoms with Gasteiger partial charge in [-0.15, -0.1) is 0 Å². The fourth-order valence-corrected chi connectivity index (χ4v) is 1.59. The maximum Gasteiger partial charge on any atom is 0.0361 e. The van der Waals surface area contributed by atoms with Crippen LogP contribution in [0.3, 0.4) is 0 Å². The molecule has 1 unspecified atom stereocenters. The summed E-state index contributed by atoms with van der Waals surface area (Å²) in [7, 11) is 0. The maximum absolute atomic E-state index is 3.80. The minimum atomic E-state index is 0.557. The molecule has 13 heavy (non-hydrogen) atoms. The molecular weight excluding hydrogens is 160 g/mol. The molecule has 1 aliphatic rings. The molecule has 0 aromatic carbocycles. The van der Waals surface area contributed by atoms with Crippen LogP contribution in [0.1, 0.15) is 6.92 Å². The number of allylic oxidation sites excluding steroid dienone is 3. The van der Waals surface area contributed by atoms with Crippen LogP contribution in [0.5, 0.6) is 0 Å². The molecule has 1 rings (SSSR count). The number of piperazine rings is 1. The second kappa shape index (κ2) is 4.87. The quantitative estimate of drug-likeness (QED) is 0.659. The van der Waals surface area contributed by atoms with Gasteiger partial charge in [-0.1, -0.05) is 19.2 Å². The molecule has 2 heteroatoms. The largest absolute Gasteiger partial charge is 0.369 e. The van der Waals surface area contributed by atoms with Crippen molar-refractivity contribution in [3.05, 3.63) is 37.1 Å². The lowest BCUT2D eigenvalue weighted by Crippen LogP contribution is -2.48. The van der Waals surface area contributed by atoms with E-state index in [1.54, 1.807) is 0 Å². The number of rotatable bonds is 3. The summed E-state index contributed by atoms with van der Waals surface area (Å²) in [5.41, 5.74) is 1.17. The second-order valence-corrected chi connectivity index (χ2v) is 3.33. The van der Waals surface area contributed by atoms with Crippen LogP contribution in [-0.4, -0.2) is 30.6 Å². The van der Waals surface area contributed by atoms with Gasteiger partial charge in [0, 0.05) is 31.4 Å². The van der Waals surface area contributed by atoms with E-state index >= 15 is 0 Å². The first-order valence-electron chi connectivity index (χ1n) is 4.71. The van der Waals surface area contributed by atoms with Crippen molar-refractivity contribution in [1.82, 2.24) is 10.2 Å². The molecular formula is C11H18N2. The van der Waals surface area contributed by atoms with Crippen molar-refractivity contribution in [1.29, 1.82) is 0 Å². The van der Waals surface area contributed by atoms with E-state index in [2.05, 4.69) is 30.3 Å². The van der Waals surface area contributed by atoms with Gasteiger partial charge in [-0.2, -0.15) is 0 Å². The summed E-state index contributed by atoms with van der Waals surface area (Å²) in [6.45, 7) is 12.8. The zero-order valence-electron chi connectivity index (χ0n) is 8.29. The van der Waals surface area contributed by atoms with Crippen LogP contribution >= 0.6 is 0 Å². The van der Waals surface area contributed by atoms with E-state index in [0.717, 1.165) is 19.6 Å². The van der Waals surface area contributed by atoms with E-state index in [0.29, 0.717) is 6.04 Å². The Hall–Kier alpha value is -1.02. The third-order valence-electron chi connectivity index (χ3n) is 2.23. The highest BCUT2D eigenvalue weighted by molar-refractivity contribution is 5.20. The monoisotopic (exact) mass is 178 g/mol. The Morgan fingerprint density at radius 1 is 1.54 bits per heavy atom. The molecule has 0 saturated carbocycles. The molecule has 0 aromatic heterocycles. The molecule has 0 aliphatic carbocycles. The second-order valence-electron chi connectivity index (χ2n) is 3.33. The summed E-state index contributed by atoms with van der Waals surface area (Å²) in [6, 6.07) is 0.557.